The number of hydrogen-bond donors (Lipinski definition) is 3. The van der Waals surface area contributed by atoms with Crippen molar-refractivity contribution < 1.29 is 64.1 Å². The van der Waals surface area contributed by atoms with Crippen molar-refractivity contribution in [1.29, 1.82) is 0 Å². The summed E-state index contributed by atoms with van der Waals surface area (Å²) in [6, 6.07) is 8.35. The number of carbonyl (C=O) groups is 2. The van der Waals surface area contributed by atoms with E-state index < -0.39 is 48.8 Å². The Bertz CT molecular complexity index is 2290. The summed E-state index contributed by atoms with van der Waals surface area (Å²) in [6.07, 6.45) is 0.0646. The third-order valence-corrected chi connectivity index (χ3v) is 15.7. The predicted octanol–water partition coefficient (Wildman–Crippen LogP) is 12.4. The van der Waals surface area contributed by atoms with Crippen molar-refractivity contribution in [3.63, 3.8) is 0 Å². The van der Waals surface area contributed by atoms with Gasteiger partial charge in [0.1, 0.15) is 23.7 Å². The number of nitrogens with one attached hydrogen (secondary N) is 2. The molecule has 0 bridgehead atoms. The number of carbonyl (C=O) groups excluding carboxylic acids is 2. The molecule has 388 valence electrons. The summed E-state index contributed by atoms with van der Waals surface area (Å²) in [4.78, 5) is 26.4. The van der Waals surface area contributed by atoms with Crippen LogP contribution in [0.4, 0.5) is 26.3 Å². The molecule has 0 aromatic heterocycles. The SMILES string of the molecule is CCc1cc(C)cc(CC)c1C1=C(O)C2(CCC(OC)CC2)NC1=O.CCc1cc(C)cc(CC)c1C1=C(OP(C)(=S)OCC(F)(F)F)C2(CCC(OC)CC2)NC1=O.CP(=S)(Cl)OCC(F)(F)F. The zero-order chi connectivity index (χ0) is 51.9. The molecule has 2 atom stereocenters. The molecule has 6 rings (SSSR count). The van der Waals surface area contributed by atoms with Crippen molar-refractivity contribution in [3.05, 3.63) is 80.3 Å². The van der Waals surface area contributed by atoms with Crippen molar-refractivity contribution >= 4 is 69.9 Å². The van der Waals surface area contributed by atoms with Crippen molar-refractivity contribution in [2.24, 2.45) is 0 Å². The first kappa shape index (κ1) is 59.0. The molecule has 3 N–H and O–H groups in total. The molecule has 0 saturated heterocycles. The fourth-order valence-electron chi connectivity index (χ4n) is 9.52. The minimum atomic E-state index is -4.53. The second kappa shape index (κ2) is 24.0. The van der Waals surface area contributed by atoms with E-state index in [2.05, 4.69) is 59.9 Å². The van der Waals surface area contributed by atoms with Gasteiger partial charge in [0.25, 0.3) is 11.8 Å². The van der Waals surface area contributed by atoms with Crippen LogP contribution in [0.5, 0.6) is 0 Å². The van der Waals surface area contributed by atoms with Crippen LogP contribution in [0, 0.1) is 13.8 Å². The van der Waals surface area contributed by atoms with Gasteiger partial charge in [-0.05, 0) is 136 Å². The zero-order valence-electron chi connectivity index (χ0n) is 41.0. The Kier molecular flexibility index (Phi) is 20.5. The monoisotopic (exact) mass is 1070 g/mol. The Balaban J connectivity index is 0.000000258. The molecular formula is C48H67ClF6N2O8P2S2. The maximum Gasteiger partial charge on any atom is 0.412 e. The molecule has 2 aliphatic carbocycles. The second-order valence-corrected chi connectivity index (χ2v) is 28.4. The van der Waals surface area contributed by atoms with Crippen LogP contribution in [0.15, 0.2) is 35.8 Å². The number of aryl methyl sites for hydroxylation is 6. The van der Waals surface area contributed by atoms with Crippen LogP contribution >= 0.6 is 23.3 Å². The Morgan fingerprint density at radius 3 is 1.36 bits per heavy atom. The lowest BCUT2D eigenvalue weighted by molar-refractivity contribution is -0.153. The Hall–Kier alpha value is -2.53. The first-order chi connectivity index (χ1) is 32.0. The number of halogens is 7. The number of aliphatic hydroxyl groups is 1. The van der Waals surface area contributed by atoms with E-state index in [9.17, 15) is 41.0 Å². The second-order valence-electron chi connectivity index (χ2n) is 18.1. The van der Waals surface area contributed by atoms with Crippen LogP contribution in [-0.4, -0.2) is 93.3 Å². The lowest BCUT2D eigenvalue weighted by Crippen LogP contribution is -2.48. The van der Waals surface area contributed by atoms with E-state index in [1.165, 1.54) is 18.9 Å². The Morgan fingerprint density at radius 2 is 1.01 bits per heavy atom. The zero-order valence-corrected chi connectivity index (χ0v) is 45.2. The average molecular weight is 1080 g/mol. The first-order valence-electron chi connectivity index (χ1n) is 23.1. The molecule has 0 radical (unpaired) electrons. The van der Waals surface area contributed by atoms with Gasteiger partial charge in [0, 0.05) is 27.5 Å². The fraction of sp³-hybridized carbons (Fsp3) is 0.625. The molecule has 21 heteroatoms. The molecule has 2 heterocycles. The van der Waals surface area contributed by atoms with Crippen molar-refractivity contribution in [1.82, 2.24) is 10.6 Å². The minimum Gasteiger partial charge on any atom is -0.509 e. The van der Waals surface area contributed by atoms with Crippen LogP contribution in [0.25, 0.3) is 11.1 Å². The highest BCUT2D eigenvalue weighted by Gasteiger charge is 2.52. The molecule has 69 heavy (non-hydrogen) atoms. The normalized spacial score (nSPS) is 24.5. The summed E-state index contributed by atoms with van der Waals surface area (Å²) in [6.45, 7) is 8.76. The average Bonchev–Trinajstić information content (AvgIpc) is 3.66. The van der Waals surface area contributed by atoms with Crippen LogP contribution in [-0.2, 0) is 81.9 Å². The van der Waals surface area contributed by atoms with Gasteiger partial charge in [-0.1, -0.05) is 86.1 Å². The summed E-state index contributed by atoms with van der Waals surface area (Å²) in [5.41, 5.74) is 5.01. The number of aliphatic hydroxyl groups excluding tert-OH is 1. The minimum absolute atomic E-state index is 0.0516. The summed E-state index contributed by atoms with van der Waals surface area (Å²) >= 11 is 15.1. The smallest absolute Gasteiger partial charge is 0.412 e. The predicted molar refractivity (Wildman–Crippen MR) is 268 cm³/mol. The highest BCUT2D eigenvalue weighted by Crippen LogP contribution is 2.55. The van der Waals surface area contributed by atoms with Gasteiger partial charge in [0.05, 0.1) is 34.4 Å². The molecule has 4 aliphatic rings. The summed E-state index contributed by atoms with van der Waals surface area (Å²) in [5, 5.41) is 17.3. The molecule has 2 amide bonds. The van der Waals surface area contributed by atoms with E-state index in [0.29, 0.717) is 55.4 Å². The summed E-state index contributed by atoms with van der Waals surface area (Å²) < 4.78 is 99.1. The van der Waals surface area contributed by atoms with Crippen LogP contribution in [0.2, 0.25) is 0 Å². The van der Waals surface area contributed by atoms with Crippen LogP contribution in [0.3, 0.4) is 0 Å². The van der Waals surface area contributed by atoms with E-state index in [1.807, 2.05) is 32.9 Å². The van der Waals surface area contributed by atoms with Gasteiger partial charge in [-0.25, -0.2) is 0 Å². The van der Waals surface area contributed by atoms with E-state index in [-0.39, 0.29) is 29.8 Å². The van der Waals surface area contributed by atoms with Gasteiger partial charge in [-0.3, -0.25) is 9.59 Å². The quantitative estimate of drug-likeness (QED) is 0.124. The van der Waals surface area contributed by atoms with Crippen molar-refractivity contribution in [2.45, 2.75) is 154 Å². The van der Waals surface area contributed by atoms with E-state index in [0.717, 1.165) is 77.5 Å². The van der Waals surface area contributed by atoms with Gasteiger partial charge in [0.15, 0.2) is 6.61 Å². The largest absolute Gasteiger partial charge is 0.509 e. The van der Waals surface area contributed by atoms with Crippen molar-refractivity contribution in [3.8, 4) is 0 Å². The fourth-order valence-corrected chi connectivity index (χ4v) is 11.6. The number of amides is 2. The highest BCUT2D eigenvalue weighted by atomic mass is 35.7. The molecule has 2 spiro atoms. The lowest BCUT2D eigenvalue weighted by atomic mass is 9.78. The van der Waals surface area contributed by atoms with Crippen LogP contribution in [0.1, 0.15) is 124 Å². The topological polar surface area (TPSA) is 125 Å². The lowest BCUT2D eigenvalue weighted by Gasteiger charge is -2.39. The molecule has 2 saturated carbocycles. The Morgan fingerprint density at radius 1 is 0.667 bits per heavy atom. The van der Waals surface area contributed by atoms with E-state index in [4.69, 9.17) is 41.6 Å². The van der Waals surface area contributed by atoms with Gasteiger partial charge >= 0.3 is 12.4 Å². The van der Waals surface area contributed by atoms with Crippen molar-refractivity contribution in [2.75, 3.05) is 40.8 Å². The van der Waals surface area contributed by atoms with Gasteiger partial charge in [-0.2, -0.15) is 26.3 Å². The molecule has 2 fully saturated rings. The third-order valence-electron chi connectivity index (χ3n) is 12.8. The molecule has 2 aliphatic heterocycles. The molecule has 2 aromatic rings. The standard InChI is InChI=1S/C24H33F3NO4PS.C21H29NO3.C3H5ClF3OPS/c1-6-16-12-15(3)13-17(7-2)19(16)20-21(32-33(5,34)31-14-24(25,26)27)23(28-22(20)29)10-8-18(30-4)9-11-23;1-5-14-11-13(3)12-15(6-2)17(14)18-19(23)21(22-20(18)24)9-7-16(25-4)8-10-21;1-9(4,10)8-2-3(5,6)7/h12-13,18H,6-11,14H2,1-5H3,(H,28,29);11-12,16,23H,5-10H2,1-4H3,(H,22,24);2H2,1H3. The van der Waals surface area contributed by atoms with Gasteiger partial charge < -0.3 is 38.8 Å². The maximum absolute atomic E-state index is 13.5. The van der Waals surface area contributed by atoms with Gasteiger partial charge in [0.2, 0.25) is 6.49 Å². The number of ether oxygens (including phenoxy) is 2. The summed E-state index contributed by atoms with van der Waals surface area (Å²) in [7, 11) is 3.38. The summed E-state index contributed by atoms with van der Waals surface area (Å²) in [5.74, 6) is 0.139. The third kappa shape index (κ3) is 15.5. The number of methoxy groups -OCH3 is 2. The Labute approximate surface area is 418 Å². The van der Waals surface area contributed by atoms with Crippen LogP contribution < -0.4 is 10.6 Å². The van der Waals surface area contributed by atoms with E-state index >= 15 is 0 Å². The van der Waals surface area contributed by atoms with E-state index in [1.54, 1.807) is 14.2 Å². The molecule has 10 nitrogen and oxygen atoms in total. The maximum atomic E-state index is 13.5. The number of alkyl halides is 6. The molecule has 2 aromatic carbocycles. The van der Waals surface area contributed by atoms with Gasteiger partial charge in [-0.15, -0.1) is 0 Å². The highest BCUT2D eigenvalue weighted by molar-refractivity contribution is 8.24. The number of rotatable bonds is 14. The molecule has 2 unspecified atom stereocenters. The molecular weight excluding hydrogens is 1010 g/mol. The first-order valence-corrected chi connectivity index (χ1v) is 30.3. The number of benzene rings is 2. The number of hydrogen-bond acceptors (Lipinski definition) is 10.